The van der Waals surface area contributed by atoms with Gasteiger partial charge in [-0.05, 0) is 24.6 Å². The first-order valence-corrected chi connectivity index (χ1v) is 6.89. The van der Waals surface area contributed by atoms with E-state index in [4.69, 9.17) is 0 Å². The van der Waals surface area contributed by atoms with Crippen LogP contribution in [-0.4, -0.2) is 5.78 Å². The van der Waals surface area contributed by atoms with Crippen molar-refractivity contribution in [3.05, 3.63) is 69.2 Å². The number of carbonyl (C=O) groups excluding carboxylic acids is 1. The van der Waals surface area contributed by atoms with Crippen LogP contribution in [0.1, 0.15) is 27.4 Å². The SMILES string of the molecule is Cc1c(Br)cccc1C(=O)C(C#N)c1ccc(F)cc1F. The average Bonchev–Trinajstić information content (AvgIpc) is 2.44. The van der Waals surface area contributed by atoms with Crippen LogP contribution < -0.4 is 0 Å². The summed E-state index contributed by atoms with van der Waals surface area (Å²) in [4.78, 5) is 12.5. The first kappa shape index (κ1) is 15.3. The number of rotatable bonds is 3. The quantitative estimate of drug-likeness (QED) is 0.764. The fourth-order valence-corrected chi connectivity index (χ4v) is 2.40. The molecular weight excluding hydrogens is 340 g/mol. The van der Waals surface area contributed by atoms with Gasteiger partial charge in [0.1, 0.15) is 17.6 Å². The van der Waals surface area contributed by atoms with Gasteiger partial charge in [0.15, 0.2) is 5.78 Å². The Bertz CT molecular complexity index is 752. The number of nitrogens with zero attached hydrogens (tertiary/aromatic N) is 1. The van der Waals surface area contributed by atoms with Gasteiger partial charge in [0.05, 0.1) is 6.07 Å². The van der Waals surface area contributed by atoms with Crippen molar-refractivity contribution in [1.82, 2.24) is 0 Å². The predicted octanol–water partition coefficient (Wildman–Crippen LogP) is 4.53. The van der Waals surface area contributed by atoms with E-state index < -0.39 is 23.3 Å². The molecule has 0 N–H and O–H groups in total. The van der Waals surface area contributed by atoms with Gasteiger partial charge in [0.2, 0.25) is 0 Å². The van der Waals surface area contributed by atoms with Crippen LogP contribution in [0.25, 0.3) is 0 Å². The maximum Gasteiger partial charge on any atom is 0.184 e. The van der Waals surface area contributed by atoms with Crippen molar-refractivity contribution in [3.63, 3.8) is 0 Å². The van der Waals surface area contributed by atoms with E-state index in [1.54, 1.807) is 31.2 Å². The standard InChI is InChI=1S/C16H10BrF2NO/c1-9-11(3-2-4-14(9)17)16(21)13(8-20)12-6-5-10(18)7-15(12)19/h2-7,13H,1H3. The Morgan fingerprint density at radius 3 is 2.62 bits per heavy atom. The third-order valence-electron chi connectivity index (χ3n) is 3.20. The van der Waals surface area contributed by atoms with Gasteiger partial charge in [0, 0.05) is 21.7 Å². The van der Waals surface area contributed by atoms with Crippen LogP contribution in [0.3, 0.4) is 0 Å². The number of ketones is 1. The number of carbonyl (C=O) groups is 1. The molecule has 0 bridgehead atoms. The molecule has 0 heterocycles. The highest BCUT2D eigenvalue weighted by atomic mass is 79.9. The molecule has 0 aromatic heterocycles. The second-order valence-corrected chi connectivity index (χ2v) is 5.36. The minimum absolute atomic E-state index is 0.122. The summed E-state index contributed by atoms with van der Waals surface area (Å²) in [6.07, 6.45) is 0. The largest absolute Gasteiger partial charge is 0.292 e. The van der Waals surface area contributed by atoms with Crippen molar-refractivity contribution < 1.29 is 13.6 Å². The monoisotopic (exact) mass is 349 g/mol. The third kappa shape index (κ3) is 3.01. The van der Waals surface area contributed by atoms with Gasteiger partial charge in [0.25, 0.3) is 0 Å². The van der Waals surface area contributed by atoms with Crippen molar-refractivity contribution in [2.45, 2.75) is 12.8 Å². The van der Waals surface area contributed by atoms with Crippen LogP contribution in [0, 0.1) is 29.9 Å². The van der Waals surface area contributed by atoms with Crippen molar-refractivity contribution in [2.75, 3.05) is 0 Å². The second-order valence-electron chi connectivity index (χ2n) is 4.50. The first-order chi connectivity index (χ1) is 9.95. The minimum atomic E-state index is -1.31. The zero-order valence-corrected chi connectivity index (χ0v) is 12.6. The molecular formula is C16H10BrF2NO. The molecule has 2 nitrogen and oxygen atoms in total. The molecule has 5 heteroatoms. The van der Waals surface area contributed by atoms with E-state index in [-0.39, 0.29) is 5.56 Å². The van der Waals surface area contributed by atoms with Crippen LogP contribution >= 0.6 is 15.9 Å². The highest BCUT2D eigenvalue weighted by Gasteiger charge is 2.26. The lowest BCUT2D eigenvalue weighted by Crippen LogP contribution is -2.14. The molecule has 106 valence electrons. The number of halogens is 3. The van der Waals surface area contributed by atoms with Gasteiger partial charge in [-0.2, -0.15) is 5.26 Å². The lowest BCUT2D eigenvalue weighted by molar-refractivity contribution is 0.0976. The van der Waals surface area contributed by atoms with E-state index in [2.05, 4.69) is 15.9 Å². The van der Waals surface area contributed by atoms with Crippen LogP contribution in [0.2, 0.25) is 0 Å². The molecule has 0 aliphatic heterocycles. The number of benzene rings is 2. The summed E-state index contributed by atoms with van der Waals surface area (Å²) >= 11 is 3.31. The number of hydrogen-bond acceptors (Lipinski definition) is 2. The molecule has 0 saturated carbocycles. The van der Waals surface area contributed by atoms with Gasteiger partial charge < -0.3 is 0 Å². The second kappa shape index (κ2) is 6.15. The number of hydrogen-bond donors (Lipinski definition) is 0. The molecule has 0 spiro atoms. The van der Waals surface area contributed by atoms with Crippen molar-refractivity contribution in [3.8, 4) is 6.07 Å². The third-order valence-corrected chi connectivity index (χ3v) is 4.06. The molecule has 2 rings (SSSR count). The Morgan fingerprint density at radius 1 is 1.29 bits per heavy atom. The van der Waals surface area contributed by atoms with E-state index in [0.717, 1.165) is 16.6 Å². The van der Waals surface area contributed by atoms with Gasteiger partial charge in [-0.1, -0.05) is 34.1 Å². The van der Waals surface area contributed by atoms with Gasteiger partial charge in [-0.3, -0.25) is 4.79 Å². The fourth-order valence-electron chi connectivity index (χ4n) is 2.03. The fraction of sp³-hybridized carbons (Fsp3) is 0.125. The molecule has 0 aliphatic carbocycles. The van der Waals surface area contributed by atoms with Gasteiger partial charge in [-0.15, -0.1) is 0 Å². The molecule has 0 radical (unpaired) electrons. The maximum absolute atomic E-state index is 13.8. The zero-order chi connectivity index (χ0) is 15.6. The summed E-state index contributed by atoms with van der Waals surface area (Å²) in [6, 6.07) is 9.64. The molecule has 0 saturated heterocycles. The number of nitriles is 1. The Hall–Kier alpha value is -2.06. The first-order valence-electron chi connectivity index (χ1n) is 6.09. The highest BCUT2D eigenvalue weighted by Crippen LogP contribution is 2.27. The van der Waals surface area contributed by atoms with Crippen LogP contribution in [0.15, 0.2) is 40.9 Å². The minimum Gasteiger partial charge on any atom is -0.292 e. The van der Waals surface area contributed by atoms with Crippen LogP contribution in [0.4, 0.5) is 8.78 Å². The molecule has 21 heavy (non-hydrogen) atoms. The van der Waals surface area contributed by atoms with E-state index in [1.807, 2.05) is 0 Å². The zero-order valence-electron chi connectivity index (χ0n) is 11.0. The van der Waals surface area contributed by atoms with Crippen LogP contribution in [0.5, 0.6) is 0 Å². The Labute approximate surface area is 129 Å². The summed E-state index contributed by atoms with van der Waals surface area (Å²) in [6.45, 7) is 1.73. The van der Waals surface area contributed by atoms with Crippen molar-refractivity contribution >= 4 is 21.7 Å². The summed E-state index contributed by atoms with van der Waals surface area (Å²) in [7, 11) is 0. The molecule has 2 aromatic rings. The summed E-state index contributed by atoms with van der Waals surface area (Å²) in [5.41, 5.74) is 0.883. The topological polar surface area (TPSA) is 40.9 Å². The Balaban J connectivity index is 2.49. The van der Waals surface area contributed by atoms with Gasteiger partial charge in [-0.25, -0.2) is 8.78 Å². The smallest absolute Gasteiger partial charge is 0.184 e. The summed E-state index contributed by atoms with van der Waals surface area (Å²) in [5.74, 6) is -3.47. The highest BCUT2D eigenvalue weighted by molar-refractivity contribution is 9.10. The molecule has 2 aromatic carbocycles. The van der Waals surface area contributed by atoms with Crippen molar-refractivity contribution in [1.29, 1.82) is 5.26 Å². The van der Waals surface area contributed by atoms with E-state index >= 15 is 0 Å². The lowest BCUT2D eigenvalue weighted by Gasteiger charge is -2.12. The molecule has 0 amide bonds. The van der Waals surface area contributed by atoms with E-state index in [0.29, 0.717) is 17.2 Å². The Kier molecular flexibility index (Phi) is 4.49. The number of Topliss-reactive ketones (excluding diaryl/α,β-unsaturated/α-hetero) is 1. The Morgan fingerprint density at radius 2 is 2.00 bits per heavy atom. The average molecular weight is 350 g/mol. The molecule has 0 fully saturated rings. The molecule has 1 atom stereocenters. The lowest BCUT2D eigenvalue weighted by atomic mass is 9.89. The molecule has 0 aliphatic rings. The normalized spacial score (nSPS) is 11.8. The maximum atomic E-state index is 13.8. The predicted molar refractivity (Wildman–Crippen MR) is 77.9 cm³/mol. The van der Waals surface area contributed by atoms with Crippen molar-refractivity contribution in [2.24, 2.45) is 0 Å². The van der Waals surface area contributed by atoms with Crippen LogP contribution in [-0.2, 0) is 0 Å². The van der Waals surface area contributed by atoms with E-state index in [1.165, 1.54) is 0 Å². The molecule has 1 unspecified atom stereocenters. The summed E-state index contributed by atoms with van der Waals surface area (Å²) < 4.78 is 27.5. The summed E-state index contributed by atoms with van der Waals surface area (Å²) in [5, 5.41) is 9.22. The van der Waals surface area contributed by atoms with Gasteiger partial charge >= 0.3 is 0 Å². The van der Waals surface area contributed by atoms with E-state index in [9.17, 15) is 18.8 Å².